The van der Waals surface area contributed by atoms with E-state index >= 15 is 0 Å². The van der Waals surface area contributed by atoms with Gasteiger partial charge in [-0.05, 0) is 5.92 Å². The summed E-state index contributed by atoms with van der Waals surface area (Å²) in [6.07, 6.45) is 0. The molecule has 0 aliphatic carbocycles. The van der Waals surface area contributed by atoms with Crippen LogP contribution in [0, 0.1) is 5.92 Å². The number of carbonyl (C=O) groups excluding carboxylic acids is 2. The monoisotopic (exact) mass is 300 g/mol. The maximum Gasteiger partial charge on any atom is 1.00 e. The second-order valence-electron chi connectivity index (χ2n) is 2.73. The summed E-state index contributed by atoms with van der Waals surface area (Å²) in [5.41, 5.74) is 9.02. The van der Waals surface area contributed by atoms with Gasteiger partial charge in [0.1, 0.15) is 0 Å². The quantitative estimate of drug-likeness (QED) is 0.437. The Kier molecular flexibility index (Phi) is 49.3. The molecule has 0 rings (SSSR count). The average molecular weight is 300 g/mol. The van der Waals surface area contributed by atoms with Gasteiger partial charge >= 0.3 is 103 Å². The maximum absolute atomic E-state index is 9.13. The van der Waals surface area contributed by atoms with Crippen molar-refractivity contribution in [1.29, 1.82) is 0 Å². The molecular weight excluding hydrogens is 282 g/mol. The molecule has 0 spiro atoms. The maximum atomic E-state index is 9.13. The SMILES string of the molecule is CC(C)CO.NCC(=O)[O-].NCC(=O)[O-].[K+].[K+]. The summed E-state index contributed by atoms with van der Waals surface area (Å²) in [7, 11) is 0. The standard InChI is InChI=1S/C4H10O.2C2H5NO2.2K/c1-4(2)3-5;2*3-1-2(4)5;;/h4-5H,3H2,1-2H3;2*1,3H2,(H,4,5);;/q;;;2*+1/p-2. The van der Waals surface area contributed by atoms with Gasteiger partial charge in [0.2, 0.25) is 0 Å². The van der Waals surface area contributed by atoms with Gasteiger partial charge in [-0.1, -0.05) is 13.8 Å². The topological polar surface area (TPSA) is 153 Å². The minimum Gasteiger partial charge on any atom is -0.549 e. The second-order valence-corrected chi connectivity index (χ2v) is 2.73. The van der Waals surface area contributed by atoms with Crippen molar-refractivity contribution in [3.05, 3.63) is 0 Å². The van der Waals surface area contributed by atoms with Crippen molar-refractivity contribution < 1.29 is 128 Å². The Labute approximate surface area is 187 Å². The molecule has 0 amide bonds. The van der Waals surface area contributed by atoms with Crippen LogP contribution in [0.4, 0.5) is 0 Å². The molecule has 5 N–H and O–H groups in total. The van der Waals surface area contributed by atoms with Gasteiger partial charge in [0, 0.05) is 19.7 Å². The number of carbonyl (C=O) groups is 2. The molecule has 0 aliphatic heterocycles. The van der Waals surface area contributed by atoms with Gasteiger partial charge in [0.05, 0.1) is 11.9 Å². The van der Waals surface area contributed by atoms with E-state index in [1.807, 2.05) is 13.8 Å². The zero-order chi connectivity index (χ0) is 12.9. The molecule has 0 heterocycles. The Morgan fingerprint density at radius 1 is 1.06 bits per heavy atom. The van der Waals surface area contributed by atoms with E-state index in [0.29, 0.717) is 12.5 Å². The third-order valence-electron chi connectivity index (χ3n) is 0.698. The molecule has 92 valence electrons. The van der Waals surface area contributed by atoms with Gasteiger partial charge in [0.25, 0.3) is 0 Å². The Morgan fingerprint density at radius 3 is 1.18 bits per heavy atom. The molecule has 0 atom stereocenters. The molecule has 0 saturated carbocycles. The number of hydrogen-bond donors (Lipinski definition) is 3. The largest absolute Gasteiger partial charge is 1.00 e. The van der Waals surface area contributed by atoms with E-state index in [9.17, 15) is 0 Å². The summed E-state index contributed by atoms with van der Waals surface area (Å²) in [6, 6.07) is 0. The number of hydrogen-bond acceptors (Lipinski definition) is 7. The Morgan fingerprint density at radius 2 is 1.18 bits per heavy atom. The first-order valence-corrected chi connectivity index (χ1v) is 4.22. The van der Waals surface area contributed by atoms with Crippen molar-refractivity contribution >= 4 is 11.9 Å². The smallest absolute Gasteiger partial charge is 0.549 e. The van der Waals surface area contributed by atoms with Gasteiger partial charge in [-0.15, -0.1) is 0 Å². The molecule has 0 unspecified atom stereocenters. The van der Waals surface area contributed by atoms with E-state index in [2.05, 4.69) is 11.5 Å². The summed E-state index contributed by atoms with van der Waals surface area (Å²) in [6.45, 7) is 3.47. The summed E-state index contributed by atoms with van der Waals surface area (Å²) < 4.78 is 0. The van der Waals surface area contributed by atoms with Crippen LogP contribution < -0.4 is 124 Å². The minimum absolute atomic E-state index is 0. The van der Waals surface area contributed by atoms with Crippen LogP contribution in [0.1, 0.15) is 13.8 Å². The van der Waals surface area contributed by atoms with E-state index in [0.717, 1.165) is 0 Å². The summed E-state index contributed by atoms with van der Waals surface area (Å²) in [5, 5.41) is 26.4. The molecule has 0 aromatic rings. The van der Waals surface area contributed by atoms with Crippen LogP contribution >= 0.6 is 0 Å². The summed E-state index contributed by atoms with van der Waals surface area (Å²) >= 11 is 0. The molecule has 0 bridgehead atoms. The van der Waals surface area contributed by atoms with Crippen LogP contribution in [-0.4, -0.2) is 36.7 Å². The first-order chi connectivity index (χ1) is 6.81. The van der Waals surface area contributed by atoms with Crippen LogP contribution in [0.3, 0.4) is 0 Å². The molecular formula is C8H18K2N2O5. The molecule has 0 saturated heterocycles. The van der Waals surface area contributed by atoms with Crippen LogP contribution in [0.5, 0.6) is 0 Å². The number of nitrogens with two attached hydrogens (primary N) is 2. The van der Waals surface area contributed by atoms with Crippen LogP contribution in [0.2, 0.25) is 0 Å². The van der Waals surface area contributed by atoms with Gasteiger partial charge in [-0.25, -0.2) is 0 Å². The van der Waals surface area contributed by atoms with Crippen LogP contribution in [-0.2, 0) is 9.59 Å². The molecule has 0 radical (unpaired) electrons. The van der Waals surface area contributed by atoms with Crippen molar-refractivity contribution in [2.45, 2.75) is 13.8 Å². The van der Waals surface area contributed by atoms with Gasteiger partial charge in [-0.3, -0.25) is 0 Å². The normalized spacial score (nSPS) is 7.18. The van der Waals surface area contributed by atoms with Crippen molar-refractivity contribution in [1.82, 2.24) is 0 Å². The number of rotatable bonds is 3. The predicted molar refractivity (Wildman–Crippen MR) is 50.0 cm³/mol. The van der Waals surface area contributed by atoms with E-state index in [-0.39, 0.29) is 116 Å². The van der Waals surface area contributed by atoms with Gasteiger partial charge < -0.3 is 36.4 Å². The van der Waals surface area contributed by atoms with Crippen molar-refractivity contribution in [2.24, 2.45) is 17.4 Å². The molecule has 0 aromatic carbocycles. The average Bonchev–Trinajstić information content (AvgIpc) is 2.19. The molecule has 9 heteroatoms. The molecule has 0 fully saturated rings. The first kappa shape index (κ1) is 31.5. The zero-order valence-electron chi connectivity index (χ0n) is 10.9. The summed E-state index contributed by atoms with van der Waals surface area (Å²) in [4.78, 5) is 18.3. The summed E-state index contributed by atoms with van der Waals surface area (Å²) in [5.74, 6) is -2.00. The predicted octanol–water partition coefficient (Wildman–Crippen LogP) is -9.97. The van der Waals surface area contributed by atoms with Crippen molar-refractivity contribution in [3.63, 3.8) is 0 Å². The van der Waals surface area contributed by atoms with Gasteiger partial charge in [0.15, 0.2) is 0 Å². The molecule has 7 nitrogen and oxygen atoms in total. The van der Waals surface area contributed by atoms with Crippen molar-refractivity contribution in [3.8, 4) is 0 Å². The molecule has 0 aromatic heterocycles. The first-order valence-electron chi connectivity index (χ1n) is 4.22. The minimum atomic E-state index is -1.22. The van der Waals surface area contributed by atoms with Crippen LogP contribution in [0.25, 0.3) is 0 Å². The van der Waals surface area contributed by atoms with E-state index in [4.69, 9.17) is 24.9 Å². The Bertz CT molecular complexity index is 156. The second kappa shape index (κ2) is 26.6. The molecule has 0 aliphatic rings. The number of aliphatic hydroxyl groups excluding tert-OH is 1. The van der Waals surface area contributed by atoms with E-state index in [1.165, 1.54) is 0 Å². The number of carboxylic acid groups (broad SMARTS) is 2. The zero-order valence-corrected chi connectivity index (χ0v) is 17.2. The number of aliphatic hydroxyl groups is 1. The fourth-order valence-corrected chi connectivity index (χ4v) is 0. The van der Waals surface area contributed by atoms with Crippen LogP contribution in [0.15, 0.2) is 0 Å². The van der Waals surface area contributed by atoms with Crippen molar-refractivity contribution in [2.75, 3.05) is 19.7 Å². The number of aliphatic carboxylic acids is 2. The van der Waals surface area contributed by atoms with E-state index < -0.39 is 11.9 Å². The fourth-order valence-electron chi connectivity index (χ4n) is 0. The number of carboxylic acids is 2. The van der Waals surface area contributed by atoms with E-state index in [1.54, 1.807) is 0 Å². The Hall–Kier alpha value is 2.09. The Balaban J connectivity index is -0.0000000400. The fraction of sp³-hybridized carbons (Fsp3) is 0.750. The third-order valence-corrected chi connectivity index (χ3v) is 0.698. The third kappa shape index (κ3) is 71.5. The molecule has 17 heavy (non-hydrogen) atoms. The van der Waals surface area contributed by atoms with Gasteiger partial charge in [-0.2, -0.15) is 0 Å².